The molecule has 0 N–H and O–H groups in total. The van der Waals surface area contributed by atoms with Gasteiger partial charge in [0, 0.05) is 12.3 Å². The van der Waals surface area contributed by atoms with Crippen LogP contribution in [-0.4, -0.2) is 12.6 Å². The molecule has 1 fully saturated rings. The first-order valence-corrected chi connectivity index (χ1v) is 7.72. The van der Waals surface area contributed by atoms with Crippen LogP contribution in [0.2, 0.25) is 0 Å². The summed E-state index contributed by atoms with van der Waals surface area (Å²) in [5.41, 5.74) is 1.09. The van der Waals surface area contributed by atoms with Gasteiger partial charge < -0.3 is 4.74 Å². The standard InChI is InChI=1S/C19H22O2/c20-19(15-7-13-17-9-3-1-4-10-17)21-16-8-14-18-11-5-2-6-12-18/h2,5-6,8,11-12,14,17H,1,3-4,9-10,13,16H2/b14-8+. The van der Waals surface area contributed by atoms with Crippen molar-refractivity contribution in [2.24, 2.45) is 5.92 Å². The number of carbonyl (C=O) groups is 1. The van der Waals surface area contributed by atoms with Gasteiger partial charge in [0.15, 0.2) is 0 Å². The summed E-state index contributed by atoms with van der Waals surface area (Å²) >= 11 is 0. The van der Waals surface area contributed by atoms with Crippen molar-refractivity contribution in [3.63, 3.8) is 0 Å². The van der Waals surface area contributed by atoms with Crippen molar-refractivity contribution in [2.75, 3.05) is 6.61 Å². The molecule has 0 amide bonds. The van der Waals surface area contributed by atoms with E-state index in [1.807, 2.05) is 42.5 Å². The summed E-state index contributed by atoms with van der Waals surface area (Å²) in [6, 6.07) is 9.93. The molecule has 0 aromatic heterocycles. The third kappa shape index (κ3) is 6.31. The minimum Gasteiger partial charge on any atom is -0.452 e. The van der Waals surface area contributed by atoms with Crippen molar-refractivity contribution < 1.29 is 9.53 Å². The molecule has 110 valence electrons. The minimum absolute atomic E-state index is 0.270. The van der Waals surface area contributed by atoms with E-state index in [4.69, 9.17) is 4.74 Å². The summed E-state index contributed by atoms with van der Waals surface area (Å²) in [6.45, 7) is 0.270. The van der Waals surface area contributed by atoms with E-state index in [9.17, 15) is 4.79 Å². The molecule has 0 radical (unpaired) electrons. The number of carbonyl (C=O) groups excluding carboxylic acids is 1. The lowest BCUT2D eigenvalue weighted by Crippen LogP contribution is -2.05. The Balaban J connectivity index is 1.64. The van der Waals surface area contributed by atoms with Crippen LogP contribution in [0.3, 0.4) is 0 Å². The van der Waals surface area contributed by atoms with Crippen LogP contribution >= 0.6 is 0 Å². The lowest BCUT2D eigenvalue weighted by molar-refractivity contribution is -0.135. The van der Waals surface area contributed by atoms with Crippen molar-refractivity contribution in [3.05, 3.63) is 42.0 Å². The van der Waals surface area contributed by atoms with Gasteiger partial charge in [0.25, 0.3) is 0 Å². The molecule has 0 bridgehead atoms. The Morgan fingerprint density at radius 1 is 1.19 bits per heavy atom. The monoisotopic (exact) mass is 282 g/mol. The Morgan fingerprint density at radius 2 is 1.95 bits per heavy atom. The topological polar surface area (TPSA) is 26.3 Å². The van der Waals surface area contributed by atoms with Gasteiger partial charge in [-0.05, 0) is 30.4 Å². The van der Waals surface area contributed by atoms with E-state index in [-0.39, 0.29) is 6.61 Å². The van der Waals surface area contributed by atoms with Gasteiger partial charge in [-0.15, -0.1) is 0 Å². The number of hydrogen-bond donors (Lipinski definition) is 0. The van der Waals surface area contributed by atoms with Crippen LogP contribution < -0.4 is 0 Å². The third-order valence-electron chi connectivity index (χ3n) is 3.73. The number of esters is 1. The van der Waals surface area contributed by atoms with Gasteiger partial charge in [0.05, 0.1) is 0 Å². The lowest BCUT2D eigenvalue weighted by Gasteiger charge is -2.18. The largest absolute Gasteiger partial charge is 0.452 e. The molecular weight excluding hydrogens is 260 g/mol. The van der Waals surface area contributed by atoms with Crippen molar-refractivity contribution in [1.82, 2.24) is 0 Å². The summed E-state index contributed by atoms with van der Waals surface area (Å²) in [4.78, 5) is 11.5. The molecule has 1 saturated carbocycles. The quantitative estimate of drug-likeness (QED) is 0.469. The summed E-state index contributed by atoms with van der Waals surface area (Å²) in [7, 11) is 0. The fourth-order valence-electron chi connectivity index (χ4n) is 2.57. The molecule has 2 rings (SSSR count). The average Bonchev–Trinajstić information content (AvgIpc) is 2.54. The highest BCUT2D eigenvalue weighted by Crippen LogP contribution is 2.25. The molecule has 0 spiro atoms. The Morgan fingerprint density at radius 3 is 2.71 bits per heavy atom. The maximum absolute atomic E-state index is 11.5. The van der Waals surface area contributed by atoms with Gasteiger partial charge in [-0.3, -0.25) is 0 Å². The average molecular weight is 282 g/mol. The molecule has 0 heterocycles. The molecule has 21 heavy (non-hydrogen) atoms. The maximum Gasteiger partial charge on any atom is 0.384 e. The second kappa shape index (κ2) is 9.02. The van der Waals surface area contributed by atoms with Gasteiger partial charge in [0.1, 0.15) is 6.61 Å². The normalized spacial score (nSPS) is 15.4. The molecule has 1 aliphatic carbocycles. The minimum atomic E-state index is -0.427. The third-order valence-corrected chi connectivity index (χ3v) is 3.73. The first kappa shape index (κ1) is 15.4. The number of ether oxygens (including phenoxy) is 1. The molecule has 1 aromatic rings. The van der Waals surface area contributed by atoms with Crippen LogP contribution in [0.5, 0.6) is 0 Å². The molecule has 0 saturated heterocycles. The van der Waals surface area contributed by atoms with E-state index < -0.39 is 5.97 Å². The second-order valence-electron chi connectivity index (χ2n) is 5.42. The predicted molar refractivity (Wildman–Crippen MR) is 85.4 cm³/mol. The van der Waals surface area contributed by atoms with Crippen LogP contribution in [0.1, 0.15) is 44.1 Å². The van der Waals surface area contributed by atoms with E-state index >= 15 is 0 Å². The van der Waals surface area contributed by atoms with Gasteiger partial charge in [-0.25, -0.2) is 4.79 Å². The highest BCUT2D eigenvalue weighted by molar-refractivity contribution is 5.88. The summed E-state index contributed by atoms with van der Waals surface area (Å²) in [5, 5.41) is 0. The zero-order chi connectivity index (χ0) is 14.8. The predicted octanol–water partition coefficient (Wildman–Crippen LogP) is 4.22. The fraction of sp³-hybridized carbons (Fsp3) is 0.421. The first-order valence-electron chi connectivity index (χ1n) is 7.72. The molecular formula is C19H22O2. The van der Waals surface area contributed by atoms with E-state index in [2.05, 4.69) is 11.8 Å². The highest BCUT2D eigenvalue weighted by Gasteiger charge is 2.11. The zero-order valence-electron chi connectivity index (χ0n) is 12.4. The van der Waals surface area contributed by atoms with Crippen LogP contribution in [0, 0.1) is 17.8 Å². The highest BCUT2D eigenvalue weighted by atomic mass is 16.5. The van der Waals surface area contributed by atoms with Gasteiger partial charge in [0.2, 0.25) is 0 Å². The summed E-state index contributed by atoms with van der Waals surface area (Å²) in [5.74, 6) is 5.80. The van der Waals surface area contributed by atoms with Crippen LogP contribution in [0.4, 0.5) is 0 Å². The van der Waals surface area contributed by atoms with Crippen molar-refractivity contribution in [2.45, 2.75) is 38.5 Å². The lowest BCUT2D eigenvalue weighted by atomic mass is 9.87. The SMILES string of the molecule is O=C(C#CCC1CCCCC1)OC/C=C/c1ccccc1. The van der Waals surface area contributed by atoms with E-state index in [1.165, 1.54) is 32.1 Å². The van der Waals surface area contributed by atoms with Crippen LogP contribution in [0.25, 0.3) is 6.08 Å². The molecule has 1 aliphatic rings. The number of hydrogen-bond acceptors (Lipinski definition) is 2. The van der Waals surface area contributed by atoms with E-state index in [0.29, 0.717) is 5.92 Å². The Hall–Kier alpha value is -2.01. The van der Waals surface area contributed by atoms with Crippen molar-refractivity contribution in [3.8, 4) is 11.8 Å². The molecule has 0 atom stereocenters. The summed E-state index contributed by atoms with van der Waals surface area (Å²) in [6.07, 6.45) is 11.1. The second-order valence-corrected chi connectivity index (χ2v) is 5.42. The molecule has 0 aliphatic heterocycles. The molecule has 0 unspecified atom stereocenters. The van der Waals surface area contributed by atoms with Gasteiger partial charge >= 0.3 is 5.97 Å². The van der Waals surface area contributed by atoms with Crippen molar-refractivity contribution >= 4 is 12.0 Å². The molecule has 2 nitrogen and oxygen atoms in total. The number of benzene rings is 1. The van der Waals surface area contributed by atoms with E-state index in [0.717, 1.165) is 12.0 Å². The van der Waals surface area contributed by atoms with Gasteiger partial charge in [-0.2, -0.15) is 0 Å². The number of rotatable bonds is 4. The zero-order valence-corrected chi connectivity index (χ0v) is 12.4. The Labute approximate surface area is 127 Å². The molecule has 2 heteroatoms. The smallest absolute Gasteiger partial charge is 0.384 e. The Kier molecular flexibility index (Phi) is 6.61. The van der Waals surface area contributed by atoms with Crippen molar-refractivity contribution in [1.29, 1.82) is 0 Å². The Bertz CT molecular complexity index is 513. The summed E-state index contributed by atoms with van der Waals surface area (Å²) < 4.78 is 5.05. The van der Waals surface area contributed by atoms with Crippen LogP contribution in [0.15, 0.2) is 36.4 Å². The maximum atomic E-state index is 11.5. The van der Waals surface area contributed by atoms with Crippen LogP contribution in [-0.2, 0) is 9.53 Å². The fourth-order valence-corrected chi connectivity index (χ4v) is 2.57. The van der Waals surface area contributed by atoms with Gasteiger partial charge in [-0.1, -0.05) is 61.6 Å². The molecule has 1 aromatic carbocycles. The van der Waals surface area contributed by atoms with E-state index in [1.54, 1.807) is 0 Å². The first-order chi connectivity index (χ1) is 10.3.